The molecule has 1 rings (SSSR count). The lowest BCUT2D eigenvalue weighted by molar-refractivity contribution is 0.326. The van der Waals surface area contributed by atoms with E-state index in [1.165, 1.54) is 0 Å². The summed E-state index contributed by atoms with van der Waals surface area (Å²) < 4.78 is 0. The molecule has 0 radical (unpaired) electrons. The van der Waals surface area contributed by atoms with E-state index in [0.717, 1.165) is 6.54 Å². The molecule has 1 aromatic rings. The highest BCUT2D eigenvalue weighted by molar-refractivity contribution is 6.28. The minimum absolute atomic E-state index is 0.160. The van der Waals surface area contributed by atoms with E-state index < -0.39 is 0 Å². The van der Waals surface area contributed by atoms with E-state index in [1.54, 1.807) is 6.20 Å². The number of halogens is 1. The molecule has 0 aromatic carbocycles. The van der Waals surface area contributed by atoms with E-state index in [0.29, 0.717) is 11.9 Å². The monoisotopic (exact) mass is 215 g/mol. The predicted molar refractivity (Wildman–Crippen MR) is 56.5 cm³/mol. The van der Waals surface area contributed by atoms with Crippen LogP contribution in [0.2, 0.25) is 5.28 Å². The molecule has 0 aliphatic rings. The van der Waals surface area contributed by atoms with Gasteiger partial charge < -0.3 is 10.2 Å². The Hall–Kier alpha value is -0.940. The van der Waals surface area contributed by atoms with Gasteiger partial charge in [0.15, 0.2) is 0 Å². The number of aromatic nitrogens is 3. The molecule has 1 N–H and O–H groups in total. The van der Waals surface area contributed by atoms with E-state index in [-0.39, 0.29) is 5.28 Å². The number of nitrogens with zero attached hydrogens (tertiary/aromatic N) is 4. The van der Waals surface area contributed by atoms with E-state index in [4.69, 9.17) is 11.6 Å². The molecular formula is C8H14ClN5. The van der Waals surface area contributed by atoms with Gasteiger partial charge in [-0.3, -0.25) is 0 Å². The van der Waals surface area contributed by atoms with Crippen LogP contribution in [-0.4, -0.2) is 46.8 Å². The molecule has 1 heterocycles. The Morgan fingerprint density at radius 1 is 1.57 bits per heavy atom. The van der Waals surface area contributed by atoms with Crippen molar-refractivity contribution in [3.63, 3.8) is 0 Å². The molecule has 0 amide bonds. The standard InChI is InChI=1S/C8H14ClN5/c1-6(14(2)3)4-10-7-5-11-13-8(9)12-7/h5-6H,4H2,1-3H3,(H,10,12,13). The quantitative estimate of drug-likeness (QED) is 0.809. The first-order chi connectivity index (χ1) is 6.59. The SMILES string of the molecule is CC(CNc1cnnc(Cl)n1)N(C)C. The summed E-state index contributed by atoms with van der Waals surface area (Å²) in [5, 5.41) is 10.5. The van der Waals surface area contributed by atoms with Crippen LogP contribution in [0.25, 0.3) is 0 Å². The second kappa shape index (κ2) is 5.07. The van der Waals surface area contributed by atoms with Crippen LogP contribution in [0.4, 0.5) is 5.82 Å². The molecule has 6 heteroatoms. The maximum absolute atomic E-state index is 5.59. The number of hydrogen-bond acceptors (Lipinski definition) is 5. The Labute approximate surface area is 88.5 Å². The van der Waals surface area contributed by atoms with Crippen molar-refractivity contribution < 1.29 is 0 Å². The average molecular weight is 216 g/mol. The summed E-state index contributed by atoms with van der Waals surface area (Å²) in [5.74, 6) is 0.652. The first-order valence-electron chi connectivity index (χ1n) is 4.35. The number of likely N-dealkylation sites (N-methyl/N-ethyl adjacent to an activating group) is 1. The lowest BCUT2D eigenvalue weighted by Gasteiger charge is -2.19. The van der Waals surface area contributed by atoms with Crippen LogP contribution < -0.4 is 5.32 Å². The van der Waals surface area contributed by atoms with Gasteiger partial charge in [0.2, 0.25) is 5.28 Å². The lowest BCUT2D eigenvalue weighted by atomic mass is 10.3. The normalized spacial score (nSPS) is 12.9. The van der Waals surface area contributed by atoms with Crippen molar-refractivity contribution >= 4 is 17.4 Å². The number of hydrogen-bond donors (Lipinski definition) is 1. The first kappa shape index (κ1) is 11.1. The second-order valence-electron chi connectivity index (χ2n) is 3.30. The fourth-order valence-corrected chi connectivity index (χ4v) is 0.937. The third-order valence-electron chi connectivity index (χ3n) is 1.99. The summed E-state index contributed by atoms with van der Waals surface area (Å²) in [6.07, 6.45) is 1.55. The van der Waals surface area contributed by atoms with Crippen molar-refractivity contribution in [2.75, 3.05) is 26.0 Å². The zero-order valence-corrected chi connectivity index (χ0v) is 9.28. The molecule has 1 atom stereocenters. The number of anilines is 1. The van der Waals surface area contributed by atoms with Crippen LogP contribution in [0, 0.1) is 0 Å². The van der Waals surface area contributed by atoms with Crippen molar-refractivity contribution in [1.82, 2.24) is 20.1 Å². The molecule has 5 nitrogen and oxygen atoms in total. The first-order valence-corrected chi connectivity index (χ1v) is 4.73. The highest BCUT2D eigenvalue weighted by atomic mass is 35.5. The van der Waals surface area contributed by atoms with Crippen molar-refractivity contribution in [3.8, 4) is 0 Å². The molecule has 0 fully saturated rings. The topological polar surface area (TPSA) is 53.9 Å². The largest absolute Gasteiger partial charge is 0.367 e. The third kappa shape index (κ3) is 3.43. The number of rotatable bonds is 4. The molecule has 0 aliphatic heterocycles. The van der Waals surface area contributed by atoms with Crippen LogP contribution in [0.3, 0.4) is 0 Å². The zero-order valence-electron chi connectivity index (χ0n) is 8.53. The van der Waals surface area contributed by atoms with Crippen LogP contribution in [0.1, 0.15) is 6.92 Å². The summed E-state index contributed by atoms with van der Waals surface area (Å²) >= 11 is 5.59. The highest BCUT2D eigenvalue weighted by Crippen LogP contribution is 2.04. The molecule has 0 saturated carbocycles. The van der Waals surface area contributed by atoms with Crippen LogP contribution in [0.15, 0.2) is 6.20 Å². The maximum atomic E-state index is 5.59. The Balaban J connectivity index is 2.45. The van der Waals surface area contributed by atoms with Gasteiger partial charge in [-0.1, -0.05) is 0 Å². The molecule has 0 aliphatic carbocycles. The Morgan fingerprint density at radius 3 is 2.86 bits per heavy atom. The summed E-state index contributed by atoms with van der Waals surface area (Å²) in [4.78, 5) is 6.08. The van der Waals surface area contributed by atoms with Gasteiger partial charge in [0.1, 0.15) is 5.82 Å². The third-order valence-corrected chi connectivity index (χ3v) is 2.15. The van der Waals surface area contributed by atoms with E-state index in [1.807, 2.05) is 14.1 Å². The van der Waals surface area contributed by atoms with E-state index >= 15 is 0 Å². The molecule has 1 aromatic heterocycles. The summed E-state index contributed by atoms with van der Waals surface area (Å²) in [6.45, 7) is 2.91. The fraction of sp³-hybridized carbons (Fsp3) is 0.625. The second-order valence-corrected chi connectivity index (χ2v) is 3.64. The van der Waals surface area contributed by atoms with Gasteiger partial charge in [0.25, 0.3) is 0 Å². The van der Waals surface area contributed by atoms with Crippen molar-refractivity contribution in [1.29, 1.82) is 0 Å². The van der Waals surface area contributed by atoms with E-state index in [2.05, 4.69) is 32.3 Å². The molecule has 0 saturated heterocycles. The Morgan fingerprint density at radius 2 is 2.29 bits per heavy atom. The summed E-state index contributed by atoms with van der Waals surface area (Å²) in [5.41, 5.74) is 0. The van der Waals surface area contributed by atoms with Gasteiger partial charge >= 0.3 is 0 Å². The van der Waals surface area contributed by atoms with Crippen LogP contribution in [-0.2, 0) is 0 Å². The Kier molecular flexibility index (Phi) is 4.03. The predicted octanol–water partition coefficient (Wildman–Crippen LogP) is 0.887. The van der Waals surface area contributed by atoms with Gasteiger partial charge in [0, 0.05) is 12.6 Å². The van der Waals surface area contributed by atoms with Crippen LogP contribution in [0.5, 0.6) is 0 Å². The molecule has 0 spiro atoms. The highest BCUT2D eigenvalue weighted by Gasteiger charge is 2.04. The zero-order chi connectivity index (χ0) is 10.6. The smallest absolute Gasteiger partial charge is 0.244 e. The van der Waals surface area contributed by atoms with Crippen molar-refractivity contribution in [3.05, 3.63) is 11.5 Å². The molecule has 14 heavy (non-hydrogen) atoms. The Bertz CT molecular complexity index is 291. The fourth-order valence-electron chi connectivity index (χ4n) is 0.802. The summed E-state index contributed by atoms with van der Waals surface area (Å²) in [6, 6.07) is 0.420. The number of nitrogens with one attached hydrogen (secondary N) is 1. The van der Waals surface area contributed by atoms with Crippen molar-refractivity contribution in [2.45, 2.75) is 13.0 Å². The van der Waals surface area contributed by atoms with Gasteiger partial charge in [0.05, 0.1) is 6.20 Å². The van der Waals surface area contributed by atoms with Gasteiger partial charge in [-0.25, -0.2) is 0 Å². The van der Waals surface area contributed by atoms with Gasteiger partial charge in [-0.05, 0) is 32.6 Å². The lowest BCUT2D eigenvalue weighted by Crippen LogP contribution is -2.31. The summed E-state index contributed by atoms with van der Waals surface area (Å²) in [7, 11) is 4.05. The molecule has 0 bridgehead atoms. The minimum Gasteiger partial charge on any atom is -0.367 e. The minimum atomic E-state index is 0.160. The maximum Gasteiger partial charge on any atom is 0.244 e. The van der Waals surface area contributed by atoms with Gasteiger partial charge in [-0.15, -0.1) is 5.10 Å². The van der Waals surface area contributed by atoms with Crippen LogP contribution >= 0.6 is 11.6 Å². The van der Waals surface area contributed by atoms with E-state index in [9.17, 15) is 0 Å². The molecule has 1 unspecified atom stereocenters. The molecular weight excluding hydrogens is 202 g/mol. The molecule has 78 valence electrons. The van der Waals surface area contributed by atoms with Gasteiger partial charge in [-0.2, -0.15) is 10.1 Å². The van der Waals surface area contributed by atoms with Crippen molar-refractivity contribution in [2.24, 2.45) is 0 Å². The average Bonchev–Trinajstić information content (AvgIpc) is 2.14.